The number of methoxy groups -OCH3 is 1. The quantitative estimate of drug-likeness (QED) is 0.630. The van der Waals surface area contributed by atoms with Crippen LogP contribution in [0.25, 0.3) is 0 Å². The largest absolute Gasteiger partial charge is 0.357 e. The van der Waals surface area contributed by atoms with Crippen molar-refractivity contribution < 1.29 is 9.53 Å². The second-order valence-electron chi connectivity index (χ2n) is 2.66. The molecule has 2 rings (SSSR count). The van der Waals surface area contributed by atoms with Crippen molar-refractivity contribution in [1.29, 1.82) is 0 Å². The highest BCUT2D eigenvalue weighted by Crippen LogP contribution is 2.24. The lowest BCUT2D eigenvalue weighted by molar-refractivity contribution is 0.0661. The minimum Gasteiger partial charge on any atom is -0.357 e. The molecule has 0 radical (unpaired) electrons. The number of carbonyl (C=O) groups excluding carboxylic acids is 1. The summed E-state index contributed by atoms with van der Waals surface area (Å²) in [6, 6.07) is 0. The molecule has 0 bridgehead atoms. The highest BCUT2D eigenvalue weighted by Gasteiger charge is 2.31. The van der Waals surface area contributed by atoms with Crippen LogP contribution < -0.4 is 5.32 Å². The number of nitrogens with zero attached hydrogens (tertiary/aromatic N) is 2. The second-order valence-corrected chi connectivity index (χ2v) is 2.66. The summed E-state index contributed by atoms with van der Waals surface area (Å²) >= 11 is 0. The topological polar surface area (TPSA) is 56.1 Å². The van der Waals surface area contributed by atoms with Crippen LogP contribution in [-0.2, 0) is 11.8 Å². The molecule has 5 nitrogen and oxygen atoms in total. The first kappa shape index (κ1) is 7.30. The van der Waals surface area contributed by atoms with Crippen LogP contribution in [-0.4, -0.2) is 22.8 Å². The lowest BCUT2D eigenvalue weighted by Crippen LogP contribution is -2.22. The summed E-state index contributed by atoms with van der Waals surface area (Å²) in [6.45, 7) is 0. The number of nitrogens with one attached hydrogen (secondary N) is 1. The highest BCUT2D eigenvalue weighted by molar-refractivity contribution is 5.97. The third-order valence-electron chi connectivity index (χ3n) is 1.96. The van der Waals surface area contributed by atoms with E-state index in [4.69, 9.17) is 4.74 Å². The zero-order valence-corrected chi connectivity index (χ0v) is 6.87. The first-order chi connectivity index (χ1) is 5.74. The minimum atomic E-state index is -0.332. The number of fused-ring (bicyclic) bond motifs is 1. The van der Waals surface area contributed by atoms with E-state index in [0.717, 1.165) is 5.56 Å². The molecule has 0 aromatic carbocycles. The average Bonchev–Trinajstić information content (AvgIpc) is 2.55. The summed E-state index contributed by atoms with van der Waals surface area (Å²) in [5, 5.41) is 6.63. The molecule has 1 unspecified atom stereocenters. The standard InChI is InChI=1S/C7H9N3O2/c1-10-5-4(3-8-10)7(12-2)9-6(5)11/h3,7H,1-2H3,(H,9,11). The summed E-state index contributed by atoms with van der Waals surface area (Å²) in [5.41, 5.74) is 1.40. The van der Waals surface area contributed by atoms with Crippen molar-refractivity contribution in [2.75, 3.05) is 7.11 Å². The van der Waals surface area contributed by atoms with Gasteiger partial charge in [-0.15, -0.1) is 0 Å². The van der Waals surface area contributed by atoms with Gasteiger partial charge in [-0.2, -0.15) is 5.10 Å². The highest BCUT2D eigenvalue weighted by atomic mass is 16.5. The van der Waals surface area contributed by atoms with Crippen molar-refractivity contribution in [2.24, 2.45) is 7.05 Å². The first-order valence-electron chi connectivity index (χ1n) is 3.59. The number of carbonyl (C=O) groups is 1. The van der Waals surface area contributed by atoms with Gasteiger partial charge < -0.3 is 10.1 Å². The fourth-order valence-corrected chi connectivity index (χ4v) is 1.38. The predicted octanol–water partition coefficient (Wildman–Crippen LogP) is -0.192. The van der Waals surface area contributed by atoms with Crippen LogP contribution in [0.3, 0.4) is 0 Å². The molecule has 1 amide bonds. The fourth-order valence-electron chi connectivity index (χ4n) is 1.38. The van der Waals surface area contributed by atoms with Crippen LogP contribution in [0.15, 0.2) is 6.20 Å². The van der Waals surface area contributed by atoms with Gasteiger partial charge in [-0.1, -0.05) is 0 Å². The molecule has 12 heavy (non-hydrogen) atoms. The molecular weight excluding hydrogens is 158 g/mol. The number of rotatable bonds is 1. The fraction of sp³-hybridized carbons (Fsp3) is 0.429. The Kier molecular flexibility index (Phi) is 1.41. The Morgan fingerprint density at radius 1 is 1.75 bits per heavy atom. The first-order valence-corrected chi connectivity index (χ1v) is 3.59. The van der Waals surface area contributed by atoms with Crippen molar-refractivity contribution in [3.05, 3.63) is 17.5 Å². The maximum atomic E-state index is 11.3. The van der Waals surface area contributed by atoms with E-state index in [9.17, 15) is 4.79 Å². The van der Waals surface area contributed by atoms with E-state index in [0.29, 0.717) is 5.69 Å². The molecule has 1 atom stereocenters. The second kappa shape index (κ2) is 2.31. The summed E-state index contributed by atoms with van der Waals surface area (Å²) in [6.07, 6.45) is 1.31. The molecule has 0 aliphatic carbocycles. The third kappa shape index (κ3) is 0.767. The molecule has 5 heteroatoms. The zero-order chi connectivity index (χ0) is 8.72. The molecule has 1 aliphatic rings. The predicted molar refractivity (Wildman–Crippen MR) is 40.4 cm³/mol. The molecule has 1 aliphatic heterocycles. The molecule has 0 saturated heterocycles. The monoisotopic (exact) mass is 167 g/mol. The van der Waals surface area contributed by atoms with Gasteiger partial charge in [-0.05, 0) is 0 Å². The molecule has 1 aromatic rings. The van der Waals surface area contributed by atoms with Crippen molar-refractivity contribution in [3.8, 4) is 0 Å². The van der Waals surface area contributed by atoms with Crippen LogP contribution in [0.2, 0.25) is 0 Å². The molecule has 0 spiro atoms. The molecular formula is C7H9N3O2. The number of amides is 1. The van der Waals surface area contributed by atoms with Gasteiger partial charge in [0.15, 0.2) is 6.23 Å². The summed E-state index contributed by atoms with van der Waals surface area (Å²) < 4.78 is 6.58. The number of aromatic nitrogens is 2. The van der Waals surface area contributed by atoms with Gasteiger partial charge >= 0.3 is 0 Å². The van der Waals surface area contributed by atoms with Gasteiger partial charge in [0.05, 0.1) is 11.8 Å². The number of aryl methyl sites for hydroxylation is 1. The normalized spacial score (nSPS) is 20.8. The maximum Gasteiger partial charge on any atom is 0.272 e. The van der Waals surface area contributed by atoms with E-state index in [1.165, 1.54) is 0 Å². The molecule has 1 N–H and O–H groups in total. The van der Waals surface area contributed by atoms with Crippen molar-refractivity contribution in [3.63, 3.8) is 0 Å². The van der Waals surface area contributed by atoms with Crippen LogP contribution in [0, 0.1) is 0 Å². The number of hydrogen-bond acceptors (Lipinski definition) is 3. The Balaban J connectivity index is 2.51. The molecule has 2 heterocycles. The molecule has 64 valence electrons. The lowest BCUT2D eigenvalue weighted by Gasteiger charge is -2.05. The summed E-state index contributed by atoms with van der Waals surface area (Å²) in [5.74, 6) is -0.128. The van der Waals surface area contributed by atoms with Gasteiger partial charge in [0.25, 0.3) is 5.91 Å². The maximum absolute atomic E-state index is 11.3. The molecule has 1 aromatic heterocycles. The van der Waals surface area contributed by atoms with Gasteiger partial charge in [0, 0.05) is 14.2 Å². The van der Waals surface area contributed by atoms with E-state index in [-0.39, 0.29) is 12.1 Å². The Hall–Kier alpha value is -1.36. The zero-order valence-electron chi connectivity index (χ0n) is 6.87. The Morgan fingerprint density at radius 2 is 2.50 bits per heavy atom. The van der Waals surface area contributed by atoms with E-state index in [1.54, 1.807) is 25.0 Å². The van der Waals surface area contributed by atoms with Crippen LogP contribution in [0.1, 0.15) is 22.3 Å². The Morgan fingerprint density at radius 3 is 3.17 bits per heavy atom. The van der Waals surface area contributed by atoms with Crippen LogP contribution in [0.5, 0.6) is 0 Å². The minimum absolute atomic E-state index is 0.128. The van der Waals surface area contributed by atoms with Crippen LogP contribution >= 0.6 is 0 Å². The average molecular weight is 167 g/mol. The lowest BCUT2D eigenvalue weighted by atomic mass is 10.3. The van der Waals surface area contributed by atoms with Crippen molar-refractivity contribution in [2.45, 2.75) is 6.23 Å². The SMILES string of the molecule is COC1NC(=O)c2c1cnn2C. The van der Waals surface area contributed by atoms with Crippen LogP contribution in [0.4, 0.5) is 0 Å². The Bertz CT molecular complexity index is 331. The van der Waals surface area contributed by atoms with E-state index in [2.05, 4.69) is 10.4 Å². The van der Waals surface area contributed by atoms with Crippen molar-refractivity contribution >= 4 is 5.91 Å². The van der Waals surface area contributed by atoms with Gasteiger partial charge in [-0.3, -0.25) is 9.48 Å². The molecule has 0 saturated carbocycles. The number of hydrogen-bond donors (Lipinski definition) is 1. The van der Waals surface area contributed by atoms with E-state index >= 15 is 0 Å². The summed E-state index contributed by atoms with van der Waals surface area (Å²) in [4.78, 5) is 11.3. The smallest absolute Gasteiger partial charge is 0.272 e. The van der Waals surface area contributed by atoms with E-state index < -0.39 is 0 Å². The third-order valence-corrected chi connectivity index (χ3v) is 1.96. The molecule has 0 fully saturated rings. The van der Waals surface area contributed by atoms with Gasteiger partial charge in [0.1, 0.15) is 5.69 Å². The van der Waals surface area contributed by atoms with Gasteiger partial charge in [-0.25, -0.2) is 0 Å². The van der Waals surface area contributed by atoms with Gasteiger partial charge in [0.2, 0.25) is 0 Å². The van der Waals surface area contributed by atoms with Crippen molar-refractivity contribution in [1.82, 2.24) is 15.1 Å². The summed E-state index contributed by atoms with van der Waals surface area (Å²) in [7, 11) is 3.28. The number of ether oxygens (including phenoxy) is 1. The Labute approximate surface area is 69.3 Å². The van der Waals surface area contributed by atoms with E-state index in [1.807, 2.05) is 0 Å².